The topological polar surface area (TPSA) is 121 Å². The lowest BCUT2D eigenvalue weighted by atomic mass is 10.1. The van der Waals surface area contributed by atoms with Gasteiger partial charge in [0, 0.05) is 18.7 Å². The number of nitrogens with two attached hydrogens (primary N) is 1. The summed E-state index contributed by atoms with van der Waals surface area (Å²) in [6.07, 6.45) is 8.60. The van der Waals surface area contributed by atoms with Gasteiger partial charge >= 0.3 is 5.91 Å². The first kappa shape index (κ1) is 26.2. The van der Waals surface area contributed by atoms with Crippen LogP contribution in [0.4, 0.5) is 10.1 Å². The molecule has 2 aromatic carbocycles. The second-order valence-corrected chi connectivity index (χ2v) is 9.46. The summed E-state index contributed by atoms with van der Waals surface area (Å²) in [6, 6.07) is 11.9. The number of carbonyl (C=O) groups is 2. The van der Waals surface area contributed by atoms with Crippen molar-refractivity contribution in [2.24, 2.45) is 5.84 Å². The molecule has 5 N–H and O–H groups in total. The fourth-order valence-electron chi connectivity index (χ4n) is 4.69. The number of quaternary nitrogens is 1. The number of amides is 2. The molecule has 0 aromatic heterocycles. The molecule has 1 heterocycles. The van der Waals surface area contributed by atoms with Crippen LogP contribution in [0.25, 0.3) is 0 Å². The summed E-state index contributed by atoms with van der Waals surface area (Å²) < 4.78 is 18.7. The van der Waals surface area contributed by atoms with Crippen molar-refractivity contribution in [3.8, 4) is 11.5 Å². The molecule has 4 rings (SSSR count). The number of likely N-dealkylation sites (N-methyl/N-ethyl adjacent to an activating group) is 1. The zero-order valence-electron chi connectivity index (χ0n) is 20.7. The maximum atomic E-state index is 13.4. The monoisotopic (exact) mass is 507 g/mol. The minimum absolute atomic E-state index is 0.0442. The summed E-state index contributed by atoms with van der Waals surface area (Å²) in [7, 11) is 1.75. The maximum Gasteiger partial charge on any atom is 0.335 e. The summed E-state index contributed by atoms with van der Waals surface area (Å²) in [5.41, 5.74) is 1.75. The molecule has 3 atom stereocenters. The highest BCUT2D eigenvalue weighted by molar-refractivity contribution is 5.95. The van der Waals surface area contributed by atoms with Gasteiger partial charge in [-0.05, 0) is 60.5 Å². The predicted octanol–water partition coefficient (Wildman–Crippen LogP) is 2.93. The van der Waals surface area contributed by atoms with Crippen LogP contribution in [0, 0.1) is 11.2 Å². The number of allylic oxidation sites excluding steroid dienone is 2. The molecule has 10 heteroatoms. The van der Waals surface area contributed by atoms with E-state index in [-0.39, 0.29) is 34.7 Å². The van der Waals surface area contributed by atoms with Crippen molar-refractivity contribution in [2.75, 3.05) is 32.0 Å². The molecule has 1 saturated heterocycles. The third-order valence-electron chi connectivity index (χ3n) is 6.77. The average molecular weight is 508 g/mol. The molecule has 2 amide bonds. The molecule has 194 valence electrons. The zero-order valence-corrected chi connectivity index (χ0v) is 20.7. The van der Waals surface area contributed by atoms with E-state index in [9.17, 15) is 14.0 Å². The van der Waals surface area contributed by atoms with Gasteiger partial charge in [-0.25, -0.2) is 19.5 Å². The van der Waals surface area contributed by atoms with Crippen molar-refractivity contribution in [1.29, 1.82) is 5.41 Å². The molecule has 9 nitrogen and oxygen atoms in total. The van der Waals surface area contributed by atoms with Crippen LogP contribution in [0.1, 0.15) is 12.8 Å². The number of anilines is 1. The molecule has 2 aromatic rings. The molecule has 0 saturated carbocycles. The maximum absolute atomic E-state index is 13.4. The normalized spacial score (nSPS) is 22.4. The average Bonchev–Trinajstić information content (AvgIpc) is 3.53. The summed E-state index contributed by atoms with van der Waals surface area (Å²) in [6.45, 7) is 0.937. The van der Waals surface area contributed by atoms with Crippen LogP contribution in [0.15, 0.2) is 72.3 Å². The van der Waals surface area contributed by atoms with Gasteiger partial charge < -0.3 is 15.4 Å². The van der Waals surface area contributed by atoms with Crippen molar-refractivity contribution in [2.45, 2.75) is 24.9 Å². The van der Waals surface area contributed by atoms with Crippen LogP contribution in [-0.4, -0.2) is 66.4 Å². The van der Waals surface area contributed by atoms with Gasteiger partial charge in [0.25, 0.3) is 5.91 Å². The SMILES string of the molecule is C[N+]1(C(=O)CN(N)C=N)CC(NCC2=CCC=C2)CC1C(=O)Nc1ccc(Oc2ccc(F)cc2)cc1. The number of hydrazine groups is 1. The Hall–Kier alpha value is -3.86. The number of nitrogens with one attached hydrogen (secondary N) is 3. The minimum Gasteiger partial charge on any atom is -0.457 e. The van der Waals surface area contributed by atoms with Gasteiger partial charge in [-0.2, -0.15) is 0 Å². The Morgan fingerprint density at radius 3 is 2.49 bits per heavy atom. The van der Waals surface area contributed by atoms with Crippen molar-refractivity contribution >= 4 is 23.8 Å². The van der Waals surface area contributed by atoms with Gasteiger partial charge in [-0.3, -0.25) is 15.2 Å². The zero-order chi connectivity index (χ0) is 26.4. The van der Waals surface area contributed by atoms with Crippen molar-refractivity contribution in [1.82, 2.24) is 10.3 Å². The van der Waals surface area contributed by atoms with E-state index < -0.39 is 6.04 Å². The Morgan fingerprint density at radius 2 is 1.86 bits per heavy atom. The van der Waals surface area contributed by atoms with Crippen LogP contribution < -0.4 is 21.2 Å². The van der Waals surface area contributed by atoms with E-state index in [0.29, 0.717) is 36.7 Å². The van der Waals surface area contributed by atoms with Crippen molar-refractivity contribution in [3.05, 3.63) is 78.1 Å². The van der Waals surface area contributed by atoms with E-state index in [1.165, 1.54) is 29.8 Å². The van der Waals surface area contributed by atoms with Crippen LogP contribution in [0.2, 0.25) is 0 Å². The molecule has 1 aliphatic heterocycles. The van der Waals surface area contributed by atoms with Gasteiger partial charge in [0.2, 0.25) is 0 Å². The minimum atomic E-state index is -0.632. The fourth-order valence-corrected chi connectivity index (χ4v) is 4.69. The number of nitrogens with zero attached hydrogens (tertiary/aromatic N) is 2. The highest BCUT2D eigenvalue weighted by Gasteiger charge is 2.52. The smallest absolute Gasteiger partial charge is 0.335 e. The molecule has 0 radical (unpaired) electrons. The van der Waals surface area contributed by atoms with Gasteiger partial charge in [-0.15, -0.1) is 0 Å². The van der Waals surface area contributed by atoms with Gasteiger partial charge in [-0.1, -0.05) is 18.2 Å². The van der Waals surface area contributed by atoms with E-state index in [2.05, 4.69) is 28.9 Å². The molecule has 2 aliphatic rings. The second-order valence-electron chi connectivity index (χ2n) is 9.46. The molecule has 3 unspecified atom stereocenters. The lowest BCUT2D eigenvalue weighted by Crippen LogP contribution is -2.60. The molecular formula is C27H32FN6O3+. The number of halogens is 1. The molecule has 1 fully saturated rings. The molecule has 1 aliphatic carbocycles. The highest BCUT2D eigenvalue weighted by atomic mass is 19.1. The number of hydrogen-bond donors (Lipinski definition) is 4. The van der Waals surface area contributed by atoms with Crippen LogP contribution in [-0.2, 0) is 9.59 Å². The molecule has 37 heavy (non-hydrogen) atoms. The van der Waals surface area contributed by atoms with Gasteiger partial charge in [0.05, 0.1) is 19.4 Å². The highest BCUT2D eigenvalue weighted by Crippen LogP contribution is 2.29. The van der Waals surface area contributed by atoms with Crippen LogP contribution in [0.3, 0.4) is 0 Å². The number of rotatable bonds is 10. The Kier molecular flexibility index (Phi) is 8.12. The number of likely N-dealkylation sites (tertiary alicyclic amines) is 1. The second kappa shape index (κ2) is 11.5. The van der Waals surface area contributed by atoms with E-state index in [4.69, 9.17) is 16.0 Å². The van der Waals surface area contributed by atoms with Crippen molar-refractivity contribution in [3.63, 3.8) is 0 Å². The van der Waals surface area contributed by atoms with Gasteiger partial charge in [0.15, 0.2) is 12.6 Å². The molecule has 0 spiro atoms. The van der Waals surface area contributed by atoms with Crippen LogP contribution >= 0.6 is 0 Å². The summed E-state index contributed by atoms with van der Waals surface area (Å²) in [5.74, 6) is 5.88. The quantitative estimate of drug-likeness (QED) is 0.129. The number of ether oxygens (including phenoxy) is 1. The third-order valence-corrected chi connectivity index (χ3v) is 6.77. The lowest BCUT2D eigenvalue weighted by molar-refractivity contribution is -0.837. The Balaban J connectivity index is 1.44. The Labute approximate surface area is 215 Å². The molecule has 0 bridgehead atoms. The van der Waals surface area contributed by atoms with E-state index >= 15 is 0 Å². The lowest BCUT2D eigenvalue weighted by Gasteiger charge is -2.33. The first-order valence-electron chi connectivity index (χ1n) is 12.1. The summed E-state index contributed by atoms with van der Waals surface area (Å²) >= 11 is 0. The Bertz CT molecular complexity index is 1200. The third kappa shape index (κ3) is 6.48. The Morgan fingerprint density at radius 1 is 1.19 bits per heavy atom. The summed E-state index contributed by atoms with van der Waals surface area (Å²) in [4.78, 5) is 26.6. The first-order chi connectivity index (χ1) is 17.8. The number of benzene rings is 2. The first-order valence-corrected chi connectivity index (χ1v) is 12.1. The molecular weight excluding hydrogens is 475 g/mol. The number of hydrogen-bond acceptors (Lipinski definition) is 6. The fraction of sp³-hybridized carbons (Fsp3) is 0.296. The standard InChI is InChI=1S/C27H31FN6O3/c1-34(26(35)16-33(30)18-29)17-22(31-15-19-4-2-3-5-19)14-25(34)27(36)32-21-8-12-24(13-9-21)37-23-10-6-20(28)7-11-23/h2,4-13,18,22,25,29,31H,3,14-17,30H2,1H3/p+1. The van der Waals surface area contributed by atoms with E-state index in [0.717, 1.165) is 17.8 Å². The number of carbonyl (C=O) groups excluding carboxylic acids is 2. The van der Waals surface area contributed by atoms with E-state index in [1.807, 2.05) is 0 Å². The van der Waals surface area contributed by atoms with Crippen molar-refractivity contribution < 1.29 is 23.2 Å². The largest absolute Gasteiger partial charge is 0.457 e. The van der Waals surface area contributed by atoms with Gasteiger partial charge in [0.1, 0.15) is 23.9 Å². The van der Waals surface area contributed by atoms with E-state index in [1.54, 1.807) is 31.3 Å². The summed E-state index contributed by atoms with van der Waals surface area (Å²) in [5, 5.41) is 14.7. The predicted molar refractivity (Wildman–Crippen MR) is 139 cm³/mol. The van der Waals surface area contributed by atoms with Crippen LogP contribution in [0.5, 0.6) is 11.5 Å².